The van der Waals surface area contributed by atoms with Gasteiger partial charge >= 0.3 is 0 Å². The zero-order valence-corrected chi connectivity index (χ0v) is 32.7. The molecule has 0 atom stereocenters. The number of anilines is 12. The van der Waals surface area contributed by atoms with E-state index in [9.17, 15) is 0 Å². The SMILES string of the molecule is CCN=C1NC2=NCNc3nc(NCC)nc(n3)NCN3CNc4nc(nc(n4)NCNc4nc(NCC)nc(n4)NCNc4nc(NCC)nc3n4)NCN=C(N1)N2. The van der Waals surface area contributed by atoms with Crippen molar-refractivity contribution in [1.29, 1.82) is 0 Å². The number of fused-ring (bicyclic) bond motifs is 13. The summed E-state index contributed by atoms with van der Waals surface area (Å²) in [6, 6.07) is 0. The number of nitrogens with one attached hydrogen (secondary N) is 14. The molecule has 4 aromatic heterocycles. The molecule has 3 aliphatic rings. The molecule has 12 bridgehead atoms. The molecule has 4 aromatic rings. The second-order valence-corrected chi connectivity index (χ2v) is 11.9. The van der Waals surface area contributed by atoms with Crippen LogP contribution in [0, 0.1) is 0 Å². The predicted molar refractivity (Wildman–Crippen MR) is 225 cm³/mol. The van der Waals surface area contributed by atoms with Crippen molar-refractivity contribution in [3.05, 3.63) is 0 Å². The summed E-state index contributed by atoms with van der Waals surface area (Å²) >= 11 is 0. The Balaban J connectivity index is 1.29. The first-order valence-corrected chi connectivity index (χ1v) is 18.8. The van der Waals surface area contributed by atoms with Crippen molar-refractivity contribution in [2.45, 2.75) is 27.7 Å². The number of aliphatic imine (C=N–C) groups is 3. The van der Waals surface area contributed by atoms with Gasteiger partial charge in [-0.2, -0.15) is 59.8 Å². The fourth-order valence-electron chi connectivity index (χ4n) is 5.12. The Hall–Kier alpha value is -7.95. The average Bonchev–Trinajstić information content (AvgIpc) is 3.21. The molecule has 0 aliphatic carbocycles. The van der Waals surface area contributed by atoms with E-state index >= 15 is 0 Å². The van der Waals surface area contributed by atoms with Gasteiger partial charge in [-0.3, -0.25) is 20.9 Å². The fraction of sp³-hybridized carbons (Fsp3) is 0.483. The highest BCUT2D eigenvalue weighted by Crippen LogP contribution is 2.18. The van der Waals surface area contributed by atoms with Gasteiger partial charge in [0.1, 0.15) is 13.3 Å². The van der Waals surface area contributed by atoms with Gasteiger partial charge in [0.25, 0.3) is 0 Å². The smallest absolute Gasteiger partial charge is 0.234 e. The molecule has 7 heterocycles. The van der Waals surface area contributed by atoms with E-state index in [0.29, 0.717) is 73.8 Å². The number of aromatic nitrogens is 12. The maximum Gasteiger partial charge on any atom is 0.234 e. The summed E-state index contributed by atoms with van der Waals surface area (Å²) in [6.45, 7) is 10.6. The molecular formula is C29H46N30. The van der Waals surface area contributed by atoms with Gasteiger partial charge in [-0.25, -0.2) is 9.98 Å². The van der Waals surface area contributed by atoms with E-state index in [-0.39, 0.29) is 81.7 Å². The number of rotatable bonds is 7. The van der Waals surface area contributed by atoms with Gasteiger partial charge in [-0.1, -0.05) is 0 Å². The molecule has 0 aromatic carbocycles. The highest BCUT2D eigenvalue weighted by Gasteiger charge is 2.19. The normalized spacial score (nSPS) is 16.0. The molecule has 30 heteroatoms. The molecule has 0 radical (unpaired) electrons. The molecule has 312 valence electrons. The molecule has 30 nitrogen and oxygen atoms in total. The summed E-state index contributed by atoms with van der Waals surface area (Å²) in [5.74, 6) is 4.61. The summed E-state index contributed by atoms with van der Waals surface area (Å²) in [6.07, 6.45) is 0. The van der Waals surface area contributed by atoms with E-state index in [2.05, 4.69) is 139 Å². The largest absolute Gasteiger partial charge is 0.354 e. The van der Waals surface area contributed by atoms with Crippen molar-refractivity contribution in [3.63, 3.8) is 0 Å². The Kier molecular flexibility index (Phi) is 12.8. The van der Waals surface area contributed by atoms with E-state index in [0.717, 1.165) is 0 Å². The van der Waals surface area contributed by atoms with E-state index < -0.39 is 0 Å². The summed E-state index contributed by atoms with van der Waals surface area (Å²) in [5.41, 5.74) is 0. The van der Waals surface area contributed by atoms with Crippen LogP contribution in [0.3, 0.4) is 0 Å². The fourth-order valence-corrected chi connectivity index (χ4v) is 5.12. The van der Waals surface area contributed by atoms with E-state index in [1.165, 1.54) is 0 Å². The lowest BCUT2D eigenvalue weighted by Crippen LogP contribution is -2.61. The van der Waals surface area contributed by atoms with Crippen molar-refractivity contribution in [2.75, 3.05) is 130 Å². The minimum absolute atomic E-state index is 0.0555. The topological polar surface area (TPSA) is 363 Å². The second kappa shape index (κ2) is 19.3. The Morgan fingerprint density at radius 3 is 1.32 bits per heavy atom. The monoisotopic (exact) mass is 814 g/mol. The third-order valence-electron chi connectivity index (χ3n) is 7.63. The van der Waals surface area contributed by atoms with Crippen molar-refractivity contribution in [3.8, 4) is 0 Å². The van der Waals surface area contributed by atoms with Gasteiger partial charge in [0, 0.05) is 26.2 Å². The highest BCUT2D eigenvalue weighted by molar-refractivity contribution is 6.16. The molecule has 7 rings (SSSR count). The van der Waals surface area contributed by atoms with Crippen LogP contribution in [0.15, 0.2) is 15.0 Å². The van der Waals surface area contributed by atoms with Gasteiger partial charge in [0.2, 0.25) is 89.3 Å². The predicted octanol–water partition coefficient (Wildman–Crippen LogP) is -1.43. The maximum absolute atomic E-state index is 4.75. The third kappa shape index (κ3) is 11.1. The maximum atomic E-state index is 4.75. The first-order chi connectivity index (χ1) is 28.9. The van der Waals surface area contributed by atoms with Crippen LogP contribution in [0.5, 0.6) is 0 Å². The molecule has 3 aliphatic heterocycles. The minimum atomic E-state index is 0.0555. The molecule has 0 unspecified atom stereocenters. The number of hydrogen-bond acceptors (Lipinski definition) is 28. The third-order valence-corrected chi connectivity index (χ3v) is 7.63. The molecule has 0 spiro atoms. The molecule has 1 fully saturated rings. The lowest BCUT2D eigenvalue weighted by atomic mass is 10.6. The van der Waals surface area contributed by atoms with Crippen molar-refractivity contribution in [2.24, 2.45) is 15.0 Å². The van der Waals surface area contributed by atoms with Crippen LogP contribution in [0.4, 0.5) is 71.4 Å². The molecule has 0 saturated carbocycles. The van der Waals surface area contributed by atoms with Crippen LogP contribution in [0.1, 0.15) is 27.7 Å². The van der Waals surface area contributed by atoms with Gasteiger partial charge in [-0.05, 0) is 27.7 Å². The van der Waals surface area contributed by atoms with E-state index in [1.54, 1.807) is 4.90 Å². The van der Waals surface area contributed by atoms with Crippen LogP contribution in [-0.2, 0) is 0 Å². The van der Waals surface area contributed by atoms with Gasteiger partial charge in [-0.15, -0.1) is 0 Å². The Labute approximate surface area is 337 Å². The molecule has 59 heavy (non-hydrogen) atoms. The molecule has 1 saturated heterocycles. The van der Waals surface area contributed by atoms with Crippen LogP contribution < -0.4 is 79.3 Å². The van der Waals surface area contributed by atoms with Gasteiger partial charge in [0.05, 0.1) is 26.7 Å². The van der Waals surface area contributed by atoms with E-state index in [1.807, 2.05) is 27.7 Å². The average molecular weight is 815 g/mol. The Bertz CT molecular complexity index is 2140. The van der Waals surface area contributed by atoms with Crippen LogP contribution in [0.2, 0.25) is 0 Å². The molecule has 0 amide bonds. The van der Waals surface area contributed by atoms with Crippen LogP contribution in [-0.4, -0.2) is 144 Å². The van der Waals surface area contributed by atoms with Crippen LogP contribution in [0.25, 0.3) is 0 Å². The lowest BCUT2D eigenvalue weighted by Gasteiger charge is -2.25. The number of nitrogens with zero attached hydrogens (tertiary/aromatic N) is 16. The Morgan fingerprint density at radius 2 is 0.847 bits per heavy atom. The van der Waals surface area contributed by atoms with Gasteiger partial charge in [0.15, 0.2) is 0 Å². The quantitative estimate of drug-likeness (QED) is 0.102. The van der Waals surface area contributed by atoms with Gasteiger partial charge < -0.3 is 63.4 Å². The first-order valence-electron chi connectivity index (χ1n) is 18.8. The number of hydrogen-bond donors (Lipinski definition) is 14. The Morgan fingerprint density at radius 1 is 0.458 bits per heavy atom. The first kappa shape index (κ1) is 39.3. The van der Waals surface area contributed by atoms with Crippen LogP contribution >= 0.6 is 0 Å². The number of guanidine groups is 3. The standard InChI is InChI=1S/C29H46N30/c1-5-30-15-44-19-34-9-37-23-48-17(32-7-3)49-27(54-23)42-13-59-14-43-28-55-24(38-10-35-20(45-15)51-19)53-25(56-28)39-11-36-21-46-16(31-6-2)47-22(52-21)40-12-41-26-50-18(33-8-4)57-29(59)58-26/h5-14H2,1-4H3,(H2,33,41,50,57,58)(H3,30,34,35,44,45,51)(H3,31,36,40,46,47,52)(H3,32,37,42,48,49,54)(H3,38,39,43,53,55,56). The second-order valence-electron chi connectivity index (χ2n) is 11.9. The lowest BCUT2D eigenvalue weighted by molar-refractivity contribution is 0.808. The summed E-state index contributed by atoms with van der Waals surface area (Å²) < 4.78 is 0. The minimum Gasteiger partial charge on any atom is -0.354 e. The van der Waals surface area contributed by atoms with E-state index in [4.69, 9.17) is 9.97 Å². The van der Waals surface area contributed by atoms with Crippen molar-refractivity contribution >= 4 is 89.3 Å². The molecular weight excluding hydrogens is 769 g/mol. The zero-order chi connectivity index (χ0) is 40.8. The van der Waals surface area contributed by atoms with Crippen molar-refractivity contribution in [1.82, 2.24) is 75.8 Å². The zero-order valence-electron chi connectivity index (χ0n) is 32.7. The molecule has 14 N–H and O–H groups in total. The highest BCUT2D eigenvalue weighted by atomic mass is 15.4. The summed E-state index contributed by atoms with van der Waals surface area (Å²) in [4.78, 5) is 70.4. The van der Waals surface area contributed by atoms with Crippen molar-refractivity contribution < 1.29 is 0 Å². The summed E-state index contributed by atoms with van der Waals surface area (Å²) in [5, 5.41) is 44.3. The summed E-state index contributed by atoms with van der Waals surface area (Å²) in [7, 11) is 0.